The summed E-state index contributed by atoms with van der Waals surface area (Å²) < 4.78 is 1.60. The second-order valence-electron chi connectivity index (χ2n) is 5.62. The lowest BCUT2D eigenvalue weighted by atomic mass is 10.1. The number of pyridine rings is 1. The van der Waals surface area contributed by atoms with Gasteiger partial charge in [0.05, 0.1) is 5.25 Å². The molecule has 3 aromatic heterocycles. The van der Waals surface area contributed by atoms with Gasteiger partial charge in [-0.25, -0.2) is 9.50 Å². The van der Waals surface area contributed by atoms with E-state index in [1.54, 1.807) is 35.4 Å². The molecule has 0 saturated heterocycles. The molecule has 124 valence electrons. The topological polar surface area (TPSA) is 85.1 Å². The summed E-state index contributed by atoms with van der Waals surface area (Å²) in [5, 5.41) is 7.57. The van der Waals surface area contributed by atoms with E-state index in [-0.39, 0.29) is 17.1 Å². The number of hydrogen-bond donors (Lipinski definition) is 1. The van der Waals surface area contributed by atoms with Crippen LogP contribution in [0.4, 0.5) is 0 Å². The SMILES string of the molecule is CC(C)[C@@H](Sc1nc2ncccn2n1)C(=O)NCc1cccnc1. The van der Waals surface area contributed by atoms with Crippen molar-refractivity contribution in [2.75, 3.05) is 0 Å². The Morgan fingerprint density at radius 1 is 1.33 bits per heavy atom. The zero-order valence-electron chi connectivity index (χ0n) is 13.5. The molecule has 0 radical (unpaired) electrons. The molecule has 0 bridgehead atoms. The number of carbonyl (C=O) groups is 1. The highest BCUT2D eigenvalue weighted by Crippen LogP contribution is 2.26. The number of fused-ring (bicyclic) bond motifs is 1. The summed E-state index contributed by atoms with van der Waals surface area (Å²) in [4.78, 5) is 25.1. The lowest BCUT2D eigenvalue weighted by Crippen LogP contribution is -2.35. The lowest BCUT2D eigenvalue weighted by Gasteiger charge is -2.18. The number of thioether (sulfide) groups is 1. The third-order valence-electron chi connectivity index (χ3n) is 3.38. The number of rotatable bonds is 6. The van der Waals surface area contributed by atoms with E-state index in [4.69, 9.17) is 0 Å². The second kappa shape index (κ2) is 7.39. The molecule has 1 atom stereocenters. The minimum Gasteiger partial charge on any atom is -0.351 e. The highest BCUT2D eigenvalue weighted by molar-refractivity contribution is 8.00. The van der Waals surface area contributed by atoms with Gasteiger partial charge < -0.3 is 5.32 Å². The van der Waals surface area contributed by atoms with E-state index < -0.39 is 0 Å². The van der Waals surface area contributed by atoms with Crippen LogP contribution in [0, 0.1) is 5.92 Å². The molecule has 0 saturated carbocycles. The van der Waals surface area contributed by atoms with Gasteiger partial charge in [-0.3, -0.25) is 9.78 Å². The molecule has 1 amide bonds. The highest BCUT2D eigenvalue weighted by Gasteiger charge is 2.25. The average Bonchev–Trinajstić information content (AvgIpc) is 3.01. The minimum atomic E-state index is -0.279. The van der Waals surface area contributed by atoms with Gasteiger partial charge in [0.15, 0.2) is 0 Å². The van der Waals surface area contributed by atoms with E-state index in [9.17, 15) is 4.79 Å². The largest absolute Gasteiger partial charge is 0.351 e. The molecule has 3 aromatic rings. The van der Waals surface area contributed by atoms with Crippen LogP contribution in [0.15, 0.2) is 48.1 Å². The number of nitrogens with one attached hydrogen (secondary N) is 1. The fourth-order valence-electron chi connectivity index (χ4n) is 2.16. The van der Waals surface area contributed by atoms with Crippen molar-refractivity contribution in [2.24, 2.45) is 5.92 Å². The Balaban J connectivity index is 1.68. The zero-order valence-corrected chi connectivity index (χ0v) is 14.3. The molecule has 8 heteroatoms. The normalized spacial score (nSPS) is 12.5. The second-order valence-corrected chi connectivity index (χ2v) is 6.73. The Hall–Kier alpha value is -2.48. The van der Waals surface area contributed by atoms with Crippen LogP contribution in [0.3, 0.4) is 0 Å². The molecule has 3 heterocycles. The van der Waals surface area contributed by atoms with Gasteiger partial charge in [0.2, 0.25) is 11.1 Å². The summed E-state index contributed by atoms with van der Waals surface area (Å²) in [5.74, 6) is 0.632. The van der Waals surface area contributed by atoms with Crippen molar-refractivity contribution in [3.8, 4) is 0 Å². The summed E-state index contributed by atoms with van der Waals surface area (Å²) >= 11 is 1.36. The molecule has 0 aliphatic rings. The summed E-state index contributed by atoms with van der Waals surface area (Å²) in [5.41, 5.74) is 0.966. The fourth-order valence-corrected chi connectivity index (χ4v) is 3.12. The lowest BCUT2D eigenvalue weighted by molar-refractivity contribution is -0.121. The van der Waals surface area contributed by atoms with Crippen molar-refractivity contribution in [1.82, 2.24) is 29.9 Å². The number of carbonyl (C=O) groups excluding carboxylic acids is 1. The van der Waals surface area contributed by atoms with E-state index >= 15 is 0 Å². The van der Waals surface area contributed by atoms with Crippen LogP contribution in [-0.2, 0) is 11.3 Å². The van der Waals surface area contributed by atoms with E-state index in [1.807, 2.05) is 26.0 Å². The van der Waals surface area contributed by atoms with Gasteiger partial charge in [0, 0.05) is 31.3 Å². The Bertz CT molecular complexity index is 787. The van der Waals surface area contributed by atoms with Gasteiger partial charge >= 0.3 is 0 Å². The maximum Gasteiger partial charge on any atom is 0.253 e. The summed E-state index contributed by atoms with van der Waals surface area (Å²) in [6, 6.07) is 5.57. The Morgan fingerprint density at radius 3 is 2.92 bits per heavy atom. The number of amides is 1. The molecule has 0 aliphatic carbocycles. The van der Waals surface area contributed by atoms with Crippen molar-refractivity contribution in [3.63, 3.8) is 0 Å². The number of hydrogen-bond acceptors (Lipinski definition) is 6. The number of aromatic nitrogens is 5. The van der Waals surface area contributed by atoms with Gasteiger partial charge in [-0.15, -0.1) is 5.10 Å². The van der Waals surface area contributed by atoms with Crippen molar-refractivity contribution in [1.29, 1.82) is 0 Å². The summed E-state index contributed by atoms with van der Waals surface area (Å²) in [7, 11) is 0. The molecule has 0 unspecified atom stereocenters. The molecule has 3 rings (SSSR count). The van der Waals surface area contributed by atoms with Crippen molar-refractivity contribution < 1.29 is 4.79 Å². The predicted molar refractivity (Wildman–Crippen MR) is 91.3 cm³/mol. The first kappa shape index (κ1) is 16.4. The molecule has 0 fully saturated rings. The van der Waals surface area contributed by atoms with Crippen LogP contribution in [0.2, 0.25) is 0 Å². The van der Waals surface area contributed by atoms with Crippen molar-refractivity contribution in [2.45, 2.75) is 30.8 Å². The monoisotopic (exact) mass is 342 g/mol. The molecule has 1 N–H and O–H groups in total. The molecule has 0 spiro atoms. The predicted octanol–water partition coefficient (Wildman–Crippen LogP) is 1.95. The van der Waals surface area contributed by atoms with Crippen LogP contribution >= 0.6 is 11.8 Å². The van der Waals surface area contributed by atoms with Gasteiger partial charge in [-0.05, 0) is 23.6 Å². The van der Waals surface area contributed by atoms with Crippen molar-refractivity contribution >= 4 is 23.4 Å². The molecule has 24 heavy (non-hydrogen) atoms. The van der Waals surface area contributed by atoms with Gasteiger partial charge in [-0.1, -0.05) is 31.7 Å². The van der Waals surface area contributed by atoms with E-state index in [0.717, 1.165) is 5.56 Å². The third kappa shape index (κ3) is 3.88. The standard InChI is InChI=1S/C16H18N6OS/c1-11(2)13(14(23)19-10-12-5-3-6-17-9-12)24-16-20-15-18-7-4-8-22(15)21-16/h3-9,11,13H,10H2,1-2H3,(H,19,23)/t13-/m1/s1. The molecule has 7 nitrogen and oxygen atoms in total. The Kier molecular flexibility index (Phi) is 5.05. The first-order valence-corrected chi connectivity index (χ1v) is 8.52. The van der Waals surface area contributed by atoms with Crippen LogP contribution in [0.25, 0.3) is 5.78 Å². The van der Waals surface area contributed by atoms with Gasteiger partial charge in [-0.2, -0.15) is 4.98 Å². The smallest absolute Gasteiger partial charge is 0.253 e. The quantitative estimate of drug-likeness (QED) is 0.689. The summed E-state index contributed by atoms with van der Waals surface area (Å²) in [6.45, 7) is 4.47. The maximum atomic E-state index is 12.5. The Morgan fingerprint density at radius 2 is 2.21 bits per heavy atom. The Labute approximate surface area is 143 Å². The minimum absolute atomic E-state index is 0.0364. The first-order chi connectivity index (χ1) is 11.6. The van der Waals surface area contributed by atoms with E-state index in [1.165, 1.54) is 11.8 Å². The van der Waals surface area contributed by atoms with E-state index in [0.29, 0.717) is 17.5 Å². The molecule has 0 aromatic carbocycles. The van der Waals surface area contributed by atoms with Crippen LogP contribution in [0.1, 0.15) is 19.4 Å². The van der Waals surface area contributed by atoms with Crippen LogP contribution in [-0.4, -0.2) is 35.7 Å². The third-order valence-corrected chi connectivity index (χ3v) is 4.78. The average molecular weight is 342 g/mol. The first-order valence-electron chi connectivity index (χ1n) is 7.64. The summed E-state index contributed by atoms with van der Waals surface area (Å²) in [6.07, 6.45) is 6.90. The highest BCUT2D eigenvalue weighted by atomic mass is 32.2. The zero-order chi connectivity index (χ0) is 16.9. The number of nitrogens with zero attached hydrogens (tertiary/aromatic N) is 5. The van der Waals surface area contributed by atoms with E-state index in [2.05, 4.69) is 25.4 Å². The fraction of sp³-hybridized carbons (Fsp3) is 0.312. The van der Waals surface area contributed by atoms with Gasteiger partial charge in [0.25, 0.3) is 5.78 Å². The molecular formula is C16H18N6OS. The van der Waals surface area contributed by atoms with Crippen molar-refractivity contribution in [3.05, 3.63) is 48.5 Å². The van der Waals surface area contributed by atoms with Crippen LogP contribution < -0.4 is 5.32 Å². The molecule has 0 aliphatic heterocycles. The maximum absolute atomic E-state index is 12.5. The van der Waals surface area contributed by atoms with Gasteiger partial charge in [0.1, 0.15) is 0 Å². The van der Waals surface area contributed by atoms with Crippen LogP contribution in [0.5, 0.6) is 0 Å². The molecular weight excluding hydrogens is 324 g/mol.